The SMILES string of the molecule is [2H]c1c([2H])c([2H])c(-c2cccc([Si](c3ccccc3)(c3ccccc3)c3cccc4c3C3c5ccccc5C4c4cccc(-n5c6ccccc6c6ccccc65)c43)c2)c([2H])c1[2H]. The molecule has 9 aromatic carbocycles. The van der Waals surface area contributed by atoms with Crippen LogP contribution in [0.1, 0.15) is 52.1 Å². The van der Waals surface area contributed by atoms with Crippen molar-refractivity contribution >= 4 is 50.6 Å². The van der Waals surface area contributed by atoms with Crippen LogP contribution in [-0.4, -0.2) is 12.6 Å². The quantitative estimate of drug-likeness (QED) is 0.118. The highest BCUT2D eigenvalue weighted by atomic mass is 28.3. The Morgan fingerprint density at radius 1 is 0.397 bits per heavy atom. The molecule has 0 saturated carbocycles. The number of benzene rings is 9. The van der Waals surface area contributed by atoms with E-state index in [1.165, 1.54) is 76.4 Å². The van der Waals surface area contributed by atoms with E-state index in [0.717, 1.165) is 5.19 Å². The van der Waals surface area contributed by atoms with Crippen molar-refractivity contribution < 1.29 is 6.85 Å². The van der Waals surface area contributed by atoms with Crippen molar-refractivity contribution in [2.24, 2.45) is 0 Å². The molecule has 2 bridgehead atoms. The molecule has 0 spiro atoms. The Morgan fingerprint density at radius 2 is 0.914 bits per heavy atom. The minimum absolute atomic E-state index is 0.000135. The van der Waals surface area contributed by atoms with Crippen molar-refractivity contribution in [3.05, 3.63) is 258 Å². The maximum atomic E-state index is 9.03. The van der Waals surface area contributed by atoms with Crippen molar-refractivity contribution in [1.29, 1.82) is 0 Å². The van der Waals surface area contributed by atoms with Gasteiger partial charge in [-0.2, -0.15) is 0 Å². The van der Waals surface area contributed by atoms with Crippen molar-refractivity contribution in [1.82, 2.24) is 4.57 Å². The molecule has 2 unspecified atom stereocenters. The number of rotatable bonds is 6. The van der Waals surface area contributed by atoms with Crippen LogP contribution in [0.15, 0.2) is 224 Å². The molecule has 2 heteroatoms. The summed E-state index contributed by atoms with van der Waals surface area (Å²) in [5.41, 5.74) is 12.3. The zero-order chi connectivity index (χ0) is 42.6. The fourth-order valence-corrected chi connectivity index (χ4v) is 15.7. The van der Waals surface area contributed by atoms with Gasteiger partial charge in [-0.1, -0.05) is 206 Å². The van der Waals surface area contributed by atoms with Crippen LogP contribution in [-0.2, 0) is 0 Å². The molecule has 58 heavy (non-hydrogen) atoms. The van der Waals surface area contributed by atoms with Crippen molar-refractivity contribution in [3.8, 4) is 16.8 Å². The van der Waals surface area contributed by atoms with Crippen molar-refractivity contribution in [2.45, 2.75) is 11.8 Å². The standard InChI is InChI=1S/C56H39NSi/c1-4-19-38(20-5-1)39-21-16-26-42(37-39)58(40-22-6-2-7-23-40,41-24-8-3-9-25-41)52-36-18-32-48-53-45-29-10-11-30-46(45)56(55(48)52)54-47(53)31-17-35-51(54)57-49-33-14-12-27-43(49)44-28-13-15-34-50(44)57/h1-37,53,56H/i1D,4D,5D,19D,20D. The molecule has 13 rings (SSSR count). The van der Waals surface area contributed by atoms with E-state index in [4.69, 9.17) is 6.85 Å². The van der Waals surface area contributed by atoms with Crippen LogP contribution in [0.5, 0.6) is 0 Å². The molecule has 0 N–H and O–H groups in total. The highest BCUT2D eigenvalue weighted by Crippen LogP contribution is 2.57. The van der Waals surface area contributed by atoms with Crippen LogP contribution in [0, 0.1) is 0 Å². The second-order valence-corrected chi connectivity index (χ2v) is 19.3. The Labute approximate surface area is 347 Å². The number of fused-ring (bicyclic) bond motifs is 3. The summed E-state index contributed by atoms with van der Waals surface area (Å²) in [5, 5.41) is 7.21. The molecule has 272 valence electrons. The van der Waals surface area contributed by atoms with Crippen LogP contribution in [0.2, 0.25) is 0 Å². The molecule has 0 aliphatic heterocycles. The van der Waals surface area contributed by atoms with Gasteiger partial charge in [0.25, 0.3) is 0 Å². The third-order valence-corrected chi connectivity index (χ3v) is 17.6. The first-order chi connectivity index (χ1) is 30.9. The van der Waals surface area contributed by atoms with Crippen LogP contribution >= 0.6 is 0 Å². The molecule has 1 heterocycles. The highest BCUT2D eigenvalue weighted by molar-refractivity contribution is 7.20. The lowest BCUT2D eigenvalue weighted by Crippen LogP contribution is -2.75. The van der Waals surface area contributed by atoms with Crippen LogP contribution < -0.4 is 20.7 Å². The number of hydrogen-bond donors (Lipinski definition) is 0. The summed E-state index contributed by atoms with van der Waals surface area (Å²) < 4.78 is 46.1. The molecule has 0 saturated heterocycles. The third kappa shape index (κ3) is 4.64. The highest BCUT2D eigenvalue weighted by Gasteiger charge is 2.50. The van der Waals surface area contributed by atoms with Gasteiger partial charge in [-0.3, -0.25) is 0 Å². The second kappa shape index (κ2) is 13.0. The van der Waals surface area contributed by atoms with Gasteiger partial charge in [0.2, 0.25) is 0 Å². The van der Waals surface area contributed by atoms with Gasteiger partial charge in [0, 0.05) is 22.6 Å². The van der Waals surface area contributed by atoms with E-state index in [2.05, 4.69) is 187 Å². The molecule has 3 aliphatic rings. The lowest BCUT2D eigenvalue weighted by molar-refractivity contribution is 0.752. The number of nitrogens with zero attached hydrogens (tertiary/aromatic N) is 1. The summed E-state index contributed by atoms with van der Waals surface area (Å²) >= 11 is 0. The Balaban J connectivity index is 1.20. The first-order valence-electron chi connectivity index (χ1n) is 22.5. The molecular formula is C56H39NSi. The minimum atomic E-state index is -3.33. The lowest BCUT2D eigenvalue weighted by atomic mass is 9.60. The summed E-state index contributed by atoms with van der Waals surface area (Å²) in [6, 6.07) is 68.9. The van der Waals surface area contributed by atoms with Gasteiger partial charge in [-0.05, 0) is 83.5 Å². The van der Waals surface area contributed by atoms with Gasteiger partial charge in [-0.25, -0.2) is 0 Å². The van der Waals surface area contributed by atoms with Crippen molar-refractivity contribution in [2.75, 3.05) is 0 Å². The van der Waals surface area contributed by atoms with E-state index >= 15 is 0 Å². The van der Waals surface area contributed by atoms with E-state index < -0.39 is 14.1 Å². The fourth-order valence-electron chi connectivity index (χ4n) is 10.6. The Morgan fingerprint density at radius 3 is 1.59 bits per heavy atom. The topological polar surface area (TPSA) is 4.93 Å². The van der Waals surface area contributed by atoms with E-state index in [9.17, 15) is 0 Å². The van der Waals surface area contributed by atoms with Gasteiger partial charge in [-0.15, -0.1) is 0 Å². The number of aromatic nitrogens is 1. The monoisotopic (exact) mass is 758 g/mol. The average Bonchev–Trinajstić information content (AvgIpc) is 3.68. The predicted molar refractivity (Wildman–Crippen MR) is 245 cm³/mol. The normalized spacial score (nSPS) is 16.4. The second-order valence-electron chi connectivity index (χ2n) is 15.5. The zero-order valence-electron chi connectivity index (χ0n) is 36.6. The first-order valence-corrected chi connectivity index (χ1v) is 22.0. The van der Waals surface area contributed by atoms with Crippen LogP contribution in [0.3, 0.4) is 0 Å². The van der Waals surface area contributed by atoms with Crippen LogP contribution in [0.25, 0.3) is 38.6 Å². The smallest absolute Gasteiger partial charge is 0.179 e. The summed E-state index contributed by atoms with van der Waals surface area (Å²) in [6.07, 6.45) is 0. The molecule has 0 amide bonds. The van der Waals surface area contributed by atoms with E-state index in [1.807, 2.05) is 12.1 Å². The average molecular weight is 759 g/mol. The molecule has 3 aliphatic carbocycles. The van der Waals surface area contributed by atoms with Gasteiger partial charge in [0.1, 0.15) is 0 Å². The molecule has 1 aromatic heterocycles. The Hall–Kier alpha value is -7.00. The number of hydrogen-bond acceptors (Lipinski definition) is 0. The summed E-state index contributed by atoms with van der Waals surface area (Å²) in [5.74, 6) is -0.105. The molecule has 0 radical (unpaired) electrons. The predicted octanol–water partition coefficient (Wildman–Crippen LogP) is 10.8. The molecule has 0 fully saturated rings. The Kier molecular flexibility index (Phi) is 6.38. The lowest BCUT2D eigenvalue weighted by Gasteiger charge is -2.47. The fraction of sp³-hybridized carbons (Fsp3) is 0.0357. The number of para-hydroxylation sites is 2. The van der Waals surface area contributed by atoms with E-state index in [-0.39, 0.29) is 41.6 Å². The van der Waals surface area contributed by atoms with E-state index in [0.29, 0.717) is 5.56 Å². The maximum Gasteiger partial charge on any atom is 0.179 e. The van der Waals surface area contributed by atoms with Gasteiger partial charge < -0.3 is 4.57 Å². The van der Waals surface area contributed by atoms with Crippen LogP contribution in [0.4, 0.5) is 0 Å². The summed E-state index contributed by atoms with van der Waals surface area (Å²) in [4.78, 5) is 0. The largest absolute Gasteiger partial charge is 0.309 e. The first kappa shape index (κ1) is 28.4. The van der Waals surface area contributed by atoms with Gasteiger partial charge in [0.05, 0.1) is 23.6 Å². The van der Waals surface area contributed by atoms with Crippen molar-refractivity contribution in [3.63, 3.8) is 0 Å². The molecule has 2 atom stereocenters. The zero-order valence-corrected chi connectivity index (χ0v) is 32.6. The molecular weight excluding hydrogens is 715 g/mol. The molecule has 1 nitrogen and oxygen atoms in total. The summed E-state index contributed by atoms with van der Waals surface area (Å²) in [7, 11) is -3.33. The summed E-state index contributed by atoms with van der Waals surface area (Å²) in [6.45, 7) is 0. The Bertz CT molecular complexity index is 3370. The van der Waals surface area contributed by atoms with E-state index in [1.54, 1.807) is 0 Å². The third-order valence-electron chi connectivity index (χ3n) is 12.8. The molecule has 10 aromatic rings. The van der Waals surface area contributed by atoms with Gasteiger partial charge in [0.15, 0.2) is 8.07 Å². The maximum absolute atomic E-state index is 9.03. The van der Waals surface area contributed by atoms with Gasteiger partial charge >= 0.3 is 0 Å². The minimum Gasteiger partial charge on any atom is -0.309 e.